The fourth-order valence-corrected chi connectivity index (χ4v) is 6.04. The van der Waals surface area contributed by atoms with Gasteiger partial charge in [0.15, 0.2) is 0 Å². The van der Waals surface area contributed by atoms with Gasteiger partial charge in [-0.1, -0.05) is 30.6 Å². The molecule has 4 rings (SSSR count). The van der Waals surface area contributed by atoms with Crippen molar-refractivity contribution in [2.45, 2.75) is 50.9 Å². The first-order valence-electron chi connectivity index (χ1n) is 11.8. The van der Waals surface area contributed by atoms with Crippen molar-refractivity contribution >= 4 is 28.3 Å². The minimum atomic E-state index is -0.183. The Hall–Kier alpha value is -1.74. The molecule has 3 fully saturated rings. The molecule has 1 saturated carbocycles. The third kappa shape index (κ3) is 5.55. The Balaban J connectivity index is 1.25. The first kappa shape index (κ1) is 22.5. The summed E-state index contributed by atoms with van der Waals surface area (Å²) in [5, 5.41) is 11.1. The van der Waals surface area contributed by atoms with Crippen LogP contribution in [0.4, 0.5) is 5.13 Å². The van der Waals surface area contributed by atoms with Crippen molar-refractivity contribution < 1.29 is 9.59 Å². The Labute approximate surface area is 189 Å². The monoisotopic (exact) mass is 448 g/mol. The SMILES string of the molecule is CN(C)CCCN1CC(C(=O)N2CCN(c3nnc(C4CCCCC4)s3)CC2)CC1=O. The molecule has 0 aromatic carbocycles. The van der Waals surface area contributed by atoms with Crippen molar-refractivity contribution in [1.29, 1.82) is 0 Å². The van der Waals surface area contributed by atoms with Crippen LogP contribution in [0, 0.1) is 5.92 Å². The van der Waals surface area contributed by atoms with Crippen molar-refractivity contribution in [2.24, 2.45) is 5.92 Å². The van der Waals surface area contributed by atoms with E-state index in [1.165, 1.54) is 37.1 Å². The second-order valence-corrected chi connectivity index (χ2v) is 10.5. The molecule has 3 heterocycles. The van der Waals surface area contributed by atoms with Crippen molar-refractivity contribution in [1.82, 2.24) is 24.9 Å². The van der Waals surface area contributed by atoms with Crippen LogP contribution in [0.15, 0.2) is 0 Å². The number of aromatic nitrogens is 2. The van der Waals surface area contributed by atoms with Crippen LogP contribution in [0.2, 0.25) is 0 Å². The lowest BCUT2D eigenvalue weighted by Crippen LogP contribution is -2.50. The molecule has 1 aliphatic carbocycles. The fourth-order valence-electron chi connectivity index (χ4n) is 4.98. The molecular formula is C22H36N6O2S. The molecule has 1 aromatic rings. The Kier molecular flexibility index (Phi) is 7.43. The molecule has 0 spiro atoms. The average molecular weight is 449 g/mol. The minimum Gasteiger partial charge on any atom is -0.343 e. The number of nitrogens with zero attached hydrogens (tertiary/aromatic N) is 6. The summed E-state index contributed by atoms with van der Waals surface area (Å²) < 4.78 is 0. The molecular weight excluding hydrogens is 412 g/mol. The number of piperazine rings is 1. The summed E-state index contributed by atoms with van der Waals surface area (Å²) in [7, 11) is 4.08. The summed E-state index contributed by atoms with van der Waals surface area (Å²) in [6, 6.07) is 0. The third-order valence-electron chi connectivity index (χ3n) is 6.84. The Bertz CT molecular complexity index is 755. The van der Waals surface area contributed by atoms with Gasteiger partial charge in [0.2, 0.25) is 16.9 Å². The molecule has 8 nitrogen and oxygen atoms in total. The van der Waals surface area contributed by atoms with E-state index in [1.807, 2.05) is 23.9 Å². The van der Waals surface area contributed by atoms with Crippen LogP contribution < -0.4 is 4.90 Å². The van der Waals surface area contributed by atoms with Crippen LogP contribution in [-0.4, -0.2) is 96.6 Å². The zero-order chi connectivity index (χ0) is 21.8. The predicted octanol–water partition coefficient (Wildman–Crippen LogP) is 2.03. The predicted molar refractivity (Wildman–Crippen MR) is 122 cm³/mol. The zero-order valence-electron chi connectivity index (χ0n) is 19.0. The lowest BCUT2D eigenvalue weighted by Gasteiger charge is -2.35. The zero-order valence-corrected chi connectivity index (χ0v) is 19.8. The maximum Gasteiger partial charge on any atom is 0.228 e. The van der Waals surface area contributed by atoms with E-state index in [-0.39, 0.29) is 17.7 Å². The molecule has 1 atom stereocenters. The van der Waals surface area contributed by atoms with Crippen LogP contribution in [0.1, 0.15) is 55.9 Å². The van der Waals surface area contributed by atoms with Crippen molar-refractivity contribution in [2.75, 3.05) is 64.8 Å². The minimum absolute atomic E-state index is 0.125. The molecule has 2 aliphatic heterocycles. The maximum atomic E-state index is 13.0. The second kappa shape index (κ2) is 10.3. The van der Waals surface area contributed by atoms with Gasteiger partial charge in [-0.2, -0.15) is 0 Å². The summed E-state index contributed by atoms with van der Waals surface area (Å²) in [5.41, 5.74) is 0. The molecule has 0 radical (unpaired) electrons. The van der Waals surface area contributed by atoms with E-state index < -0.39 is 0 Å². The van der Waals surface area contributed by atoms with Gasteiger partial charge in [0.1, 0.15) is 5.01 Å². The first-order valence-corrected chi connectivity index (χ1v) is 12.6. The van der Waals surface area contributed by atoms with Crippen LogP contribution in [0.25, 0.3) is 0 Å². The van der Waals surface area contributed by atoms with Crippen LogP contribution in [-0.2, 0) is 9.59 Å². The van der Waals surface area contributed by atoms with Crippen molar-refractivity contribution in [3.8, 4) is 0 Å². The van der Waals surface area contributed by atoms with Crippen LogP contribution >= 0.6 is 11.3 Å². The van der Waals surface area contributed by atoms with E-state index in [4.69, 9.17) is 0 Å². The lowest BCUT2D eigenvalue weighted by molar-refractivity contribution is -0.136. The fraction of sp³-hybridized carbons (Fsp3) is 0.818. The number of hydrogen-bond acceptors (Lipinski definition) is 7. The van der Waals surface area contributed by atoms with Gasteiger partial charge in [-0.05, 0) is 39.9 Å². The quantitative estimate of drug-likeness (QED) is 0.636. The highest BCUT2D eigenvalue weighted by Crippen LogP contribution is 2.36. The van der Waals surface area contributed by atoms with E-state index in [0.717, 1.165) is 37.7 Å². The molecule has 2 amide bonds. The largest absolute Gasteiger partial charge is 0.343 e. The van der Waals surface area contributed by atoms with Crippen molar-refractivity contribution in [3.05, 3.63) is 5.01 Å². The van der Waals surface area contributed by atoms with E-state index in [9.17, 15) is 9.59 Å². The van der Waals surface area contributed by atoms with E-state index in [1.54, 1.807) is 11.3 Å². The average Bonchev–Trinajstić information content (AvgIpc) is 3.41. The number of amides is 2. The Morgan fingerprint density at radius 3 is 2.55 bits per heavy atom. The van der Waals surface area contributed by atoms with Gasteiger partial charge in [0.25, 0.3) is 0 Å². The second-order valence-electron chi connectivity index (χ2n) is 9.47. The molecule has 9 heteroatoms. The standard InChI is InChI=1S/C22H36N6O2S/c1-25(2)9-6-10-28-16-18(15-19(28)29)21(30)26-11-13-27(14-12-26)22-24-23-20(31-22)17-7-4-3-5-8-17/h17-18H,3-16H2,1-2H3. The number of hydrogen-bond donors (Lipinski definition) is 0. The van der Waals surface area contributed by atoms with E-state index in [2.05, 4.69) is 20.0 Å². The van der Waals surface area contributed by atoms with Crippen LogP contribution in [0.3, 0.4) is 0 Å². The van der Waals surface area contributed by atoms with Gasteiger partial charge in [0, 0.05) is 51.6 Å². The summed E-state index contributed by atoms with van der Waals surface area (Å²) in [4.78, 5) is 33.6. The maximum absolute atomic E-state index is 13.0. The summed E-state index contributed by atoms with van der Waals surface area (Å²) in [5.74, 6) is 0.671. The van der Waals surface area contributed by atoms with Crippen LogP contribution in [0.5, 0.6) is 0 Å². The lowest BCUT2D eigenvalue weighted by atomic mass is 9.90. The van der Waals surface area contributed by atoms with E-state index in [0.29, 0.717) is 32.0 Å². The van der Waals surface area contributed by atoms with Gasteiger partial charge in [0.05, 0.1) is 5.92 Å². The van der Waals surface area contributed by atoms with Crippen molar-refractivity contribution in [3.63, 3.8) is 0 Å². The summed E-state index contributed by atoms with van der Waals surface area (Å²) >= 11 is 1.74. The third-order valence-corrected chi connectivity index (χ3v) is 7.99. The number of anilines is 1. The summed E-state index contributed by atoms with van der Waals surface area (Å²) in [6.07, 6.45) is 7.74. The number of likely N-dealkylation sites (tertiary alicyclic amines) is 1. The smallest absolute Gasteiger partial charge is 0.228 e. The molecule has 2 saturated heterocycles. The molecule has 1 aromatic heterocycles. The van der Waals surface area contributed by atoms with E-state index >= 15 is 0 Å². The molecule has 0 bridgehead atoms. The first-order chi connectivity index (χ1) is 15.0. The number of carbonyl (C=O) groups excluding carboxylic acids is 2. The highest BCUT2D eigenvalue weighted by molar-refractivity contribution is 7.15. The number of rotatable bonds is 7. The van der Waals surface area contributed by atoms with Gasteiger partial charge < -0.3 is 19.6 Å². The molecule has 3 aliphatic rings. The normalized spacial score (nSPS) is 23.3. The topological polar surface area (TPSA) is 72.9 Å². The highest BCUT2D eigenvalue weighted by atomic mass is 32.1. The van der Waals surface area contributed by atoms with Gasteiger partial charge in [-0.3, -0.25) is 9.59 Å². The Morgan fingerprint density at radius 1 is 1.10 bits per heavy atom. The highest BCUT2D eigenvalue weighted by Gasteiger charge is 2.37. The van der Waals surface area contributed by atoms with Gasteiger partial charge in [-0.15, -0.1) is 10.2 Å². The Morgan fingerprint density at radius 2 is 1.84 bits per heavy atom. The van der Waals surface area contributed by atoms with Gasteiger partial charge >= 0.3 is 0 Å². The summed E-state index contributed by atoms with van der Waals surface area (Å²) in [6.45, 7) is 5.25. The number of carbonyl (C=O) groups is 2. The van der Waals surface area contributed by atoms with Gasteiger partial charge in [-0.25, -0.2) is 0 Å². The molecule has 31 heavy (non-hydrogen) atoms. The molecule has 172 valence electrons. The molecule has 1 unspecified atom stereocenters. The molecule has 0 N–H and O–H groups in total.